The molecule has 1 aromatic carbocycles. The van der Waals surface area contributed by atoms with Crippen molar-refractivity contribution >= 4 is 12.1 Å². The van der Waals surface area contributed by atoms with Gasteiger partial charge in [-0.15, -0.1) is 0 Å². The fourth-order valence-electron chi connectivity index (χ4n) is 2.38. The number of rotatable bonds is 2. The fraction of sp³-hybridized carbons (Fsp3) is 0.467. The quantitative estimate of drug-likeness (QED) is 0.901. The molecule has 0 radical (unpaired) electrons. The predicted octanol–water partition coefficient (Wildman–Crippen LogP) is 2.39. The van der Waals surface area contributed by atoms with E-state index in [0.29, 0.717) is 19.1 Å². The van der Waals surface area contributed by atoms with Crippen LogP contribution >= 0.6 is 0 Å². The maximum atomic E-state index is 11.5. The third-order valence-electron chi connectivity index (χ3n) is 3.71. The summed E-state index contributed by atoms with van der Waals surface area (Å²) >= 11 is 0. The molecule has 1 unspecified atom stereocenters. The average molecular weight is 275 g/mol. The molecule has 1 aromatic rings. The number of ether oxygens (including phenoxy) is 1. The van der Waals surface area contributed by atoms with Gasteiger partial charge in [0.1, 0.15) is 0 Å². The van der Waals surface area contributed by atoms with Crippen molar-refractivity contribution in [1.29, 1.82) is 0 Å². The van der Waals surface area contributed by atoms with Crippen LogP contribution < -0.4 is 5.32 Å². The average Bonchev–Trinajstić information content (AvgIpc) is 2.75. The molecule has 5 nitrogen and oxygen atoms in total. The lowest BCUT2D eigenvalue weighted by molar-refractivity contribution is 0.156. The van der Waals surface area contributed by atoms with Gasteiger partial charge in [-0.25, -0.2) is 4.79 Å². The van der Waals surface area contributed by atoms with Crippen molar-refractivity contribution < 1.29 is 9.53 Å². The van der Waals surface area contributed by atoms with E-state index in [1.54, 1.807) is 6.92 Å². The molecular formula is C15H21N3O2. The molecule has 0 aromatic heterocycles. The smallest absolute Gasteiger partial charge is 0.413 e. The molecule has 0 bridgehead atoms. The van der Waals surface area contributed by atoms with Gasteiger partial charge >= 0.3 is 6.09 Å². The number of hydrogen-bond acceptors (Lipinski definition) is 4. The van der Waals surface area contributed by atoms with Gasteiger partial charge in [0.2, 0.25) is 5.96 Å². The molecule has 2 rings (SSSR count). The van der Waals surface area contributed by atoms with Crippen LogP contribution in [0.5, 0.6) is 0 Å². The molecule has 1 N–H and O–H groups in total. The zero-order chi connectivity index (χ0) is 14.7. The van der Waals surface area contributed by atoms with Crippen LogP contribution in [0, 0.1) is 13.8 Å². The molecule has 108 valence electrons. The van der Waals surface area contributed by atoms with Gasteiger partial charge in [-0.05, 0) is 37.5 Å². The van der Waals surface area contributed by atoms with Gasteiger partial charge in [0.25, 0.3) is 0 Å². The van der Waals surface area contributed by atoms with E-state index in [1.807, 2.05) is 11.9 Å². The second-order valence-corrected chi connectivity index (χ2v) is 4.93. The number of hydrogen-bond donors (Lipinski definition) is 1. The van der Waals surface area contributed by atoms with Crippen LogP contribution in [-0.4, -0.2) is 37.2 Å². The fourth-order valence-corrected chi connectivity index (χ4v) is 2.38. The van der Waals surface area contributed by atoms with E-state index in [-0.39, 0.29) is 6.04 Å². The molecule has 0 fully saturated rings. The van der Waals surface area contributed by atoms with E-state index < -0.39 is 6.09 Å². The van der Waals surface area contributed by atoms with Gasteiger partial charge < -0.3 is 9.64 Å². The van der Waals surface area contributed by atoms with Crippen molar-refractivity contribution in [2.75, 3.05) is 20.2 Å². The molecule has 0 saturated heterocycles. The van der Waals surface area contributed by atoms with E-state index in [2.05, 4.69) is 42.4 Å². The largest absolute Gasteiger partial charge is 0.450 e. The Hall–Kier alpha value is -2.04. The lowest BCUT2D eigenvalue weighted by Gasteiger charge is -2.25. The number of likely N-dealkylation sites (N-methyl/N-ethyl adjacent to an activating group) is 1. The molecule has 1 atom stereocenters. The monoisotopic (exact) mass is 275 g/mol. The van der Waals surface area contributed by atoms with Crippen LogP contribution in [0.25, 0.3) is 0 Å². The summed E-state index contributed by atoms with van der Waals surface area (Å²) in [5.41, 5.74) is 3.79. The highest BCUT2D eigenvalue weighted by Gasteiger charge is 2.28. The first-order chi connectivity index (χ1) is 9.54. The van der Waals surface area contributed by atoms with Crippen molar-refractivity contribution in [1.82, 2.24) is 10.2 Å². The zero-order valence-electron chi connectivity index (χ0n) is 12.4. The lowest BCUT2D eigenvalue weighted by Crippen LogP contribution is -2.40. The number of nitrogens with one attached hydrogen (secondary N) is 1. The summed E-state index contributed by atoms with van der Waals surface area (Å²) in [4.78, 5) is 17.9. The number of alkyl carbamates (subject to hydrolysis) is 1. The first kappa shape index (κ1) is 14.4. The van der Waals surface area contributed by atoms with Crippen molar-refractivity contribution in [3.8, 4) is 0 Å². The molecule has 5 heteroatoms. The summed E-state index contributed by atoms with van der Waals surface area (Å²) in [7, 11) is 1.94. The summed E-state index contributed by atoms with van der Waals surface area (Å²) in [5.74, 6) is 0.564. The number of nitrogens with zero attached hydrogens (tertiary/aromatic N) is 2. The van der Waals surface area contributed by atoms with Gasteiger partial charge in [-0.1, -0.05) is 18.2 Å². The molecule has 20 heavy (non-hydrogen) atoms. The highest BCUT2D eigenvalue weighted by molar-refractivity contribution is 5.95. The van der Waals surface area contributed by atoms with E-state index >= 15 is 0 Å². The summed E-state index contributed by atoms with van der Waals surface area (Å²) in [5, 5.41) is 2.68. The molecule has 1 aliphatic rings. The van der Waals surface area contributed by atoms with E-state index in [4.69, 9.17) is 4.74 Å². The molecule has 0 spiro atoms. The maximum absolute atomic E-state index is 11.5. The zero-order valence-corrected chi connectivity index (χ0v) is 12.4. The van der Waals surface area contributed by atoms with Crippen LogP contribution in [0.1, 0.15) is 29.7 Å². The van der Waals surface area contributed by atoms with E-state index in [0.717, 1.165) is 0 Å². The van der Waals surface area contributed by atoms with Gasteiger partial charge in [0, 0.05) is 7.05 Å². The Balaban J connectivity index is 2.11. The van der Waals surface area contributed by atoms with Crippen LogP contribution in [0.4, 0.5) is 4.79 Å². The summed E-state index contributed by atoms with van der Waals surface area (Å²) in [6.07, 6.45) is -0.459. The van der Waals surface area contributed by atoms with Crippen molar-refractivity contribution in [3.05, 3.63) is 34.9 Å². The normalized spacial score (nSPS) is 17.9. The van der Waals surface area contributed by atoms with Gasteiger partial charge in [-0.2, -0.15) is 0 Å². The third kappa shape index (κ3) is 2.76. The number of benzene rings is 1. The number of aliphatic imine (C=N–C) groups is 1. The Labute approximate surface area is 119 Å². The third-order valence-corrected chi connectivity index (χ3v) is 3.71. The number of carbonyl (C=O) groups is 1. The Bertz CT molecular complexity index is 540. The van der Waals surface area contributed by atoms with Gasteiger partial charge in [0.15, 0.2) is 0 Å². The lowest BCUT2D eigenvalue weighted by atomic mass is 9.97. The minimum absolute atomic E-state index is 0.159. The predicted molar refractivity (Wildman–Crippen MR) is 78.9 cm³/mol. The topological polar surface area (TPSA) is 53.9 Å². The highest BCUT2D eigenvalue weighted by atomic mass is 16.5. The Morgan fingerprint density at radius 2 is 2.25 bits per heavy atom. The molecular weight excluding hydrogens is 254 g/mol. The highest BCUT2D eigenvalue weighted by Crippen LogP contribution is 2.28. The Kier molecular flexibility index (Phi) is 4.27. The summed E-state index contributed by atoms with van der Waals surface area (Å²) < 4.78 is 4.88. The summed E-state index contributed by atoms with van der Waals surface area (Å²) in [6.45, 7) is 6.99. The Morgan fingerprint density at radius 1 is 1.50 bits per heavy atom. The molecule has 0 saturated carbocycles. The first-order valence-corrected chi connectivity index (χ1v) is 6.81. The second-order valence-electron chi connectivity index (χ2n) is 4.93. The van der Waals surface area contributed by atoms with E-state index in [9.17, 15) is 4.79 Å². The van der Waals surface area contributed by atoms with Crippen molar-refractivity contribution in [3.63, 3.8) is 0 Å². The number of guanidine groups is 1. The minimum atomic E-state index is -0.459. The van der Waals surface area contributed by atoms with Crippen molar-refractivity contribution in [2.24, 2.45) is 4.99 Å². The standard InChI is InChI=1S/C15H21N3O2/c1-5-20-15(19)17-14-16-9-13(18(14)4)12-8-6-7-10(2)11(12)3/h6-8,13H,5,9H2,1-4H3,(H,16,17,19). The van der Waals surface area contributed by atoms with Crippen LogP contribution in [0.15, 0.2) is 23.2 Å². The van der Waals surface area contributed by atoms with Gasteiger partial charge in [0.05, 0.1) is 19.2 Å². The number of carbonyl (C=O) groups excluding carboxylic acids is 1. The van der Waals surface area contributed by atoms with Gasteiger partial charge in [-0.3, -0.25) is 10.3 Å². The maximum Gasteiger partial charge on any atom is 0.413 e. The minimum Gasteiger partial charge on any atom is -0.450 e. The van der Waals surface area contributed by atoms with Crippen LogP contribution in [0.3, 0.4) is 0 Å². The van der Waals surface area contributed by atoms with Crippen molar-refractivity contribution in [2.45, 2.75) is 26.8 Å². The summed E-state index contributed by atoms with van der Waals surface area (Å²) in [6, 6.07) is 6.44. The van der Waals surface area contributed by atoms with Crippen LogP contribution in [-0.2, 0) is 4.74 Å². The van der Waals surface area contributed by atoms with Crippen LogP contribution in [0.2, 0.25) is 0 Å². The first-order valence-electron chi connectivity index (χ1n) is 6.81. The molecule has 1 aliphatic heterocycles. The number of aryl methyl sites for hydroxylation is 1. The Morgan fingerprint density at radius 3 is 2.95 bits per heavy atom. The molecule has 0 aliphatic carbocycles. The molecule has 1 heterocycles. The molecule has 1 amide bonds. The van der Waals surface area contributed by atoms with E-state index in [1.165, 1.54) is 16.7 Å². The SMILES string of the molecule is CCOC(=O)NC1=NCC(c2cccc(C)c2C)N1C. The second kappa shape index (κ2) is 5.94. The number of amides is 1.